The standard InChI is InChI=1S/C15H11BrO5/c1-20-11-5-2-9(3-6-11)15(19)21-13-7-4-10(14(17)18)8-12(13)16/h2-8H,1H3,(H,17,18). The van der Waals surface area contributed by atoms with Gasteiger partial charge in [-0.1, -0.05) is 0 Å². The van der Waals surface area contributed by atoms with E-state index >= 15 is 0 Å². The fourth-order valence-corrected chi connectivity index (χ4v) is 2.06. The highest BCUT2D eigenvalue weighted by atomic mass is 79.9. The lowest BCUT2D eigenvalue weighted by molar-refractivity contribution is 0.0696. The van der Waals surface area contributed by atoms with Crippen LogP contribution >= 0.6 is 15.9 Å². The van der Waals surface area contributed by atoms with Gasteiger partial charge in [0.25, 0.3) is 0 Å². The number of aromatic carboxylic acids is 1. The number of carbonyl (C=O) groups is 2. The lowest BCUT2D eigenvalue weighted by Gasteiger charge is -2.07. The van der Waals surface area contributed by atoms with Crippen LogP contribution in [-0.4, -0.2) is 24.2 Å². The lowest BCUT2D eigenvalue weighted by atomic mass is 10.2. The molecule has 21 heavy (non-hydrogen) atoms. The summed E-state index contributed by atoms with van der Waals surface area (Å²) in [4.78, 5) is 22.8. The Hall–Kier alpha value is -2.34. The van der Waals surface area contributed by atoms with Crippen molar-refractivity contribution in [2.75, 3.05) is 7.11 Å². The highest BCUT2D eigenvalue weighted by molar-refractivity contribution is 9.10. The van der Waals surface area contributed by atoms with Crippen molar-refractivity contribution in [2.45, 2.75) is 0 Å². The van der Waals surface area contributed by atoms with E-state index in [-0.39, 0.29) is 11.3 Å². The molecule has 0 bridgehead atoms. The molecule has 0 spiro atoms. The van der Waals surface area contributed by atoms with Gasteiger partial charge in [-0.05, 0) is 58.4 Å². The molecule has 0 aliphatic carbocycles. The summed E-state index contributed by atoms with van der Waals surface area (Å²) in [6.45, 7) is 0. The normalized spacial score (nSPS) is 10.0. The van der Waals surface area contributed by atoms with Crippen LogP contribution in [0.3, 0.4) is 0 Å². The fourth-order valence-electron chi connectivity index (χ4n) is 1.60. The Balaban J connectivity index is 2.17. The van der Waals surface area contributed by atoms with Gasteiger partial charge in [0.05, 0.1) is 22.7 Å². The molecule has 0 saturated heterocycles. The molecule has 0 aliphatic rings. The maximum absolute atomic E-state index is 12.0. The third kappa shape index (κ3) is 3.61. The van der Waals surface area contributed by atoms with Crippen LogP contribution in [0.15, 0.2) is 46.9 Å². The summed E-state index contributed by atoms with van der Waals surface area (Å²) >= 11 is 3.18. The molecule has 2 aromatic carbocycles. The first-order chi connectivity index (χ1) is 10.0. The van der Waals surface area contributed by atoms with E-state index in [1.807, 2.05) is 0 Å². The van der Waals surface area contributed by atoms with Crippen molar-refractivity contribution in [3.8, 4) is 11.5 Å². The van der Waals surface area contributed by atoms with Crippen molar-refractivity contribution in [2.24, 2.45) is 0 Å². The van der Waals surface area contributed by atoms with Gasteiger partial charge in [-0.15, -0.1) is 0 Å². The summed E-state index contributed by atoms with van der Waals surface area (Å²) in [5, 5.41) is 8.87. The molecule has 5 nitrogen and oxygen atoms in total. The van der Waals surface area contributed by atoms with E-state index in [0.29, 0.717) is 15.8 Å². The maximum atomic E-state index is 12.0. The summed E-state index contributed by atoms with van der Waals surface area (Å²) in [7, 11) is 1.54. The number of hydrogen-bond acceptors (Lipinski definition) is 4. The predicted molar refractivity (Wildman–Crippen MR) is 79.1 cm³/mol. The van der Waals surface area contributed by atoms with Crippen molar-refractivity contribution in [1.29, 1.82) is 0 Å². The van der Waals surface area contributed by atoms with Crippen molar-refractivity contribution in [3.63, 3.8) is 0 Å². The van der Waals surface area contributed by atoms with E-state index in [4.69, 9.17) is 14.6 Å². The van der Waals surface area contributed by atoms with E-state index < -0.39 is 11.9 Å². The van der Waals surface area contributed by atoms with Crippen molar-refractivity contribution >= 4 is 27.9 Å². The van der Waals surface area contributed by atoms with Gasteiger partial charge in [-0.3, -0.25) is 0 Å². The number of rotatable bonds is 4. The molecule has 1 N–H and O–H groups in total. The van der Waals surface area contributed by atoms with Crippen LogP contribution in [0.5, 0.6) is 11.5 Å². The van der Waals surface area contributed by atoms with E-state index in [1.165, 1.54) is 25.3 Å². The molecule has 0 heterocycles. The minimum atomic E-state index is -1.05. The van der Waals surface area contributed by atoms with Crippen molar-refractivity contribution < 1.29 is 24.2 Å². The number of benzene rings is 2. The monoisotopic (exact) mass is 350 g/mol. The van der Waals surface area contributed by atoms with Crippen LogP contribution in [0.25, 0.3) is 0 Å². The smallest absolute Gasteiger partial charge is 0.343 e. The highest BCUT2D eigenvalue weighted by Crippen LogP contribution is 2.27. The number of esters is 1. The number of carboxylic acids is 1. The molecule has 6 heteroatoms. The van der Waals surface area contributed by atoms with Crippen LogP contribution in [0.1, 0.15) is 20.7 Å². The first-order valence-electron chi connectivity index (χ1n) is 5.90. The number of carboxylic acid groups (broad SMARTS) is 1. The molecule has 108 valence electrons. The Morgan fingerprint density at radius 3 is 2.19 bits per heavy atom. The van der Waals surface area contributed by atoms with Gasteiger partial charge in [0.2, 0.25) is 0 Å². The van der Waals surface area contributed by atoms with E-state index in [2.05, 4.69) is 15.9 Å². The van der Waals surface area contributed by atoms with E-state index in [1.54, 1.807) is 24.3 Å². The van der Waals surface area contributed by atoms with Gasteiger partial charge < -0.3 is 14.6 Å². The Bertz CT molecular complexity index is 679. The average Bonchev–Trinajstić information content (AvgIpc) is 2.49. The summed E-state index contributed by atoms with van der Waals surface area (Å²) < 4.78 is 10.6. The predicted octanol–water partition coefficient (Wildman–Crippen LogP) is 3.38. The Morgan fingerprint density at radius 1 is 1.05 bits per heavy atom. The van der Waals surface area contributed by atoms with E-state index in [0.717, 1.165) is 0 Å². The molecule has 0 radical (unpaired) electrons. The maximum Gasteiger partial charge on any atom is 0.343 e. The third-order valence-electron chi connectivity index (χ3n) is 2.71. The number of hydrogen-bond donors (Lipinski definition) is 1. The number of halogens is 1. The van der Waals surface area contributed by atoms with Crippen LogP contribution in [0, 0.1) is 0 Å². The van der Waals surface area contributed by atoms with Gasteiger partial charge in [-0.2, -0.15) is 0 Å². The minimum absolute atomic E-state index is 0.103. The lowest BCUT2D eigenvalue weighted by Crippen LogP contribution is -2.09. The molecule has 0 saturated carbocycles. The number of carbonyl (C=O) groups excluding carboxylic acids is 1. The summed E-state index contributed by atoms with van der Waals surface area (Å²) in [6, 6.07) is 10.6. The topological polar surface area (TPSA) is 72.8 Å². The average molecular weight is 351 g/mol. The first-order valence-corrected chi connectivity index (χ1v) is 6.69. The van der Waals surface area contributed by atoms with Gasteiger partial charge in [0.1, 0.15) is 11.5 Å². The Labute approximate surface area is 129 Å². The zero-order chi connectivity index (χ0) is 15.4. The van der Waals surface area contributed by atoms with Gasteiger partial charge >= 0.3 is 11.9 Å². The molecular formula is C15H11BrO5. The molecule has 0 aromatic heterocycles. The molecule has 0 unspecified atom stereocenters. The summed E-state index contributed by atoms with van der Waals surface area (Å²) in [6.07, 6.45) is 0. The van der Waals surface area contributed by atoms with Crippen LogP contribution in [0.2, 0.25) is 0 Å². The number of ether oxygens (including phenoxy) is 2. The van der Waals surface area contributed by atoms with Gasteiger partial charge in [0, 0.05) is 0 Å². The second-order valence-corrected chi connectivity index (χ2v) is 4.92. The number of methoxy groups -OCH3 is 1. The summed E-state index contributed by atoms with van der Waals surface area (Å²) in [5.41, 5.74) is 0.469. The quantitative estimate of drug-likeness (QED) is 0.675. The van der Waals surface area contributed by atoms with Crippen molar-refractivity contribution in [3.05, 3.63) is 58.1 Å². The highest BCUT2D eigenvalue weighted by Gasteiger charge is 2.13. The first kappa shape index (κ1) is 15.1. The summed E-state index contributed by atoms with van der Waals surface area (Å²) in [5.74, 6) is -0.704. The second-order valence-electron chi connectivity index (χ2n) is 4.07. The van der Waals surface area contributed by atoms with Crippen LogP contribution in [0.4, 0.5) is 0 Å². The molecule has 0 fully saturated rings. The molecule has 2 aromatic rings. The Morgan fingerprint density at radius 2 is 1.67 bits per heavy atom. The molecule has 0 amide bonds. The van der Waals surface area contributed by atoms with Gasteiger partial charge in [-0.25, -0.2) is 9.59 Å². The molecule has 0 atom stereocenters. The van der Waals surface area contributed by atoms with E-state index in [9.17, 15) is 9.59 Å². The minimum Gasteiger partial charge on any atom is -0.497 e. The Kier molecular flexibility index (Phi) is 4.59. The fraction of sp³-hybridized carbons (Fsp3) is 0.0667. The zero-order valence-electron chi connectivity index (χ0n) is 11.0. The molecular weight excluding hydrogens is 340 g/mol. The SMILES string of the molecule is COc1ccc(C(=O)Oc2ccc(C(=O)O)cc2Br)cc1. The van der Waals surface area contributed by atoms with Gasteiger partial charge in [0.15, 0.2) is 0 Å². The van der Waals surface area contributed by atoms with Crippen LogP contribution < -0.4 is 9.47 Å². The second kappa shape index (κ2) is 6.41. The van der Waals surface area contributed by atoms with Crippen molar-refractivity contribution in [1.82, 2.24) is 0 Å². The zero-order valence-corrected chi connectivity index (χ0v) is 12.6. The molecule has 2 rings (SSSR count). The third-order valence-corrected chi connectivity index (χ3v) is 3.33. The molecule has 0 aliphatic heterocycles. The van der Waals surface area contributed by atoms with Crippen LogP contribution in [-0.2, 0) is 0 Å². The largest absolute Gasteiger partial charge is 0.497 e.